The van der Waals surface area contributed by atoms with Crippen LogP contribution in [-0.4, -0.2) is 15.9 Å². The highest BCUT2D eigenvalue weighted by Crippen LogP contribution is 2.48. The number of nitrogens with one attached hydrogen (secondary N) is 1. The van der Waals surface area contributed by atoms with Crippen molar-refractivity contribution >= 4 is 16.9 Å². The predicted molar refractivity (Wildman–Crippen MR) is 86.4 cm³/mol. The van der Waals surface area contributed by atoms with Gasteiger partial charge in [-0.05, 0) is 37.6 Å². The summed E-state index contributed by atoms with van der Waals surface area (Å²) in [5, 5.41) is 0.514. The van der Waals surface area contributed by atoms with Crippen LogP contribution in [0.4, 0.5) is 0 Å². The quantitative estimate of drug-likeness (QED) is 0.746. The van der Waals surface area contributed by atoms with Crippen molar-refractivity contribution in [3.63, 3.8) is 0 Å². The van der Waals surface area contributed by atoms with Gasteiger partial charge in [0.1, 0.15) is 5.76 Å². The molecule has 6 nitrogen and oxygen atoms in total. The SMILES string of the molecule is C[C@H](OC(=O)[C@@H]1C[C@@H]1c1ccco1)c1nc2ccccc2c(=O)[nH]1. The van der Waals surface area contributed by atoms with Crippen LogP contribution < -0.4 is 5.56 Å². The third kappa shape index (κ3) is 2.60. The van der Waals surface area contributed by atoms with Crippen LogP contribution >= 0.6 is 0 Å². The predicted octanol–water partition coefficient (Wildman–Crippen LogP) is 2.92. The van der Waals surface area contributed by atoms with Gasteiger partial charge in [0, 0.05) is 5.92 Å². The fraction of sp³-hybridized carbons (Fsp3) is 0.278. The van der Waals surface area contributed by atoms with Crippen molar-refractivity contribution in [2.45, 2.75) is 25.4 Å². The van der Waals surface area contributed by atoms with Crippen molar-refractivity contribution in [3.05, 3.63) is 64.6 Å². The summed E-state index contributed by atoms with van der Waals surface area (Å²) >= 11 is 0. The van der Waals surface area contributed by atoms with E-state index >= 15 is 0 Å². The van der Waals surface area contributed by atoms with Crippen LogP contribution in [0.3, 0.4) is 0 Å². The summed E-state index contributed by atoms with van der Waals surface area (Å²) in [5.74, 6) is 0.762. The lowest BCUT2D eigenvalue weighted by atomic mass is 10.2. The first-order valence-electron chi connectivity index (χ1n) is 7.86. The van der Waals surface area contributed by atoms with Crippen LogP contribution in [0, 0.1) is 5.92 Å². The molecule has 1 aliphatic carbocycles. The molecule has 24 heavy (non-hydrogen) atoms. The van der Waals surface area contributed by atoms with E-state index in [1.165, 1.54) is 0 Å². The standard InChI is InChI=1S/C18H16N2O4/c1-10(16-19-14-6-3-2-5-11(14)17(21)20-16)24-18(22)13-9-12(13)15-7-4-8-23-15/h2-8,10,12-13H,9H2,1H3,(H,19,20,21)/t10-,12-,13+/m0/s1. The summed E-state index contributed by atoms with van der Waals surface area (Å²) in [4.78, 5) is 31.4. The number of para-hydroxylation sites is 1. The number of furan rings is 1. The van der Waals surface area contributed by atoms with Crippen molar-refractivity contribution < 1.29 is 13.9 Å². The molecular weight excluding hydrogens is 308 g/mol. The Morgan fingerprint density at radius 1 is 1.33 bits per heavy atom. The number of rotatable bonds is 4. The molecule has 0 unspecified atom stereocenters. The largest absolute Gasteiger partial charge is 0.469 e. The van der Waals surface area contributed by atoms with Gasteiger partial charge in [-0.25, -0.2) is 4.98 Å². The average molecular weight is 324 g/mol. The van der Waals surface area contributed by atoms with E-state index in [0.717, 1.165) is 12.2 Å². The van der Waals surface area contributed by atoms with E-state index in [-0.39, 0.29) is 23.4 Å². The van der Waals surface area contributed by atoms with Crippen molar-refractivity contribution in [2.24, 2.45) is 5.92 Å². The van der Waals surface area contributed by atoms with Gasteiger partial charge in [-0.1, -0.05) is 12.1 Å². The normalized spacial score (nSPS) is 20.7. The molecule has 1 N–H and O–H groups in total. The molecular formula is C18H16N2O4. The van der Waals surface area contributed by atoms with Gasteiger partial charge in [0.05, 0.1) is 23.1 Å². The minimum absolute atomic E-state index is 0.0864. The summed E-state index contributed by atoms with van der Waals surface area (Å²) < 4.78 is 10.8. The minimum Gasteiger partial charge on any atom is -0.469 e. The number of hydrogen-bond donors (Lipinski definition) is 1. The van der Waals surface area contributed by atoms with Gasteiger partial charge < -0.3 is 14.1 Å². The molecule has 1 fully saturated rings. The van der Waals surface area contributed by atoms with Crippen molar-refractivity contribution in [1.29, 1.82) is 0 Å². The molecule has 3 aromatic rings. The number of nitrogens with zero attached hydrogens (tertiary/aromatic N) is 1. The van der Waals surface area contributed by atoms with Crippen molar-refractivity contribution in [2.75, 3.05) is 0 Å². The van der Waals surface area contributed by atoms with Crippen LogP contribution in [0.25, 0.3) is 10.9 Å². The van der Waals surface area contributed by atoms with E-state index in [1.54, 1.807) is 31.4 Å². The second kappa shape index (κ2) is 5.63. The van der Waals surface area contributed by atoms with E-state index in [1.807, 2.05) is 18.2 Å². The van der Waals surface area contributed by atoms with Crippen LogP contribution in [0.15, 0.2) is 51.9 Å². The highest BCUT2D eigenvalue weighted by Gasteiger charge is 2.47. The van der Waals surface area contributed by atoms with Crippen molar-refractivity contribution in [1.82, 2.24) is 9.97 Å². The summed E-state index contributed by atoms with van der Waals surface area (Å²) in [7, 11) is 0. The number of carbonyl (C=O) groups is 1. The highest BCUT2D eigenvalue weighted by molar-refractivity contribution is 5.78. The van der Waals surface area contributed by atoms with Crippen LogP contribution in [-0.2, 0) is 9.53 Å². The molecule has 0 amide bonds. The second-order valence-electron chi connectivity index (χ2n) is 6.01. The van der Waals surface area contributed by atoms with E-state index in [0.29, 0.717) is 16.7 Å². The molecule has 0 radical (unpaired) electrons. The Hall–Kier alpha value is -2.89. The molecule has 1 saturated carbocycles. The molecule has 2 aromatic heterocycles. The maximum Gasteiger partial charge on any atom is 0.310 e. The third-order valence-corrected chi connectivity index (χ3v) is 4.31. The molecule has 6 heteroatoms. The summed E-state index contributed by atoms with van der Waals surface area (Å²) in [6.45, 7) is 1.70. The maximum atomic E-state index is 12.3. The molecule has 1 aliphatic rings. The lowest BCUT2D eigenvalue weighted by molar-refractivity contribution is -0.150. The van der Waals surface area contributed by atoms with E-state index in [2.05, 4.69) is 9.97 Å². The number of carbonyl (C=O) groups excluding carboxylic acids is 1. The molecule has 122 valence electrons. The Labute approximate surface area is 137 Å². The summed E-state index contributed by atoms with van der Waals surface area (Å²) in [5.41, 5.74) is 0.345. The number of H-pyrrole nitrogens is 1. The van der Waals surface area contributed by atoms with Gasteiger partial charge in [0.15, 0.2) is 11.9 Å². The molecule has 0 aliphatic heterocycles. The lowest BCUT2D eigenvalue weighted by Crippen LogP contribution is -2.18. The zero-order valence-corrected chi connectivity index (χ0v) is 13.1. The molecule has 4 rings (SSSR count). The lowest BCUT2D eigenvalue weighted by Gasteiger charge is -2.13. The van der Waals surface area contributed by atoms with E-state index < -0.39 is 6.10 Å². The Bertz CT molecular complexity index is 945. The zero-order chi connectivity index (χ0) is 16.7. The number of hydrogen-bond acceptors (Lipinski definition) is 5. The first-order valence-corrected chi connectivity index (χ1v) is 7.86. The van der Waals surface area contributed by atoms with Gasteiger partial charge in [-0.15, -0.1) is 0 Å². The maximum absolute atomic E-state index is 12.3. The molecule has 0 saturated heterocycles. The fourth-order valence-corrected chi connectivity index (χ4v) is 2.89. The molecule has 1 aromatic carbocycles. The van der Waals surface area contributed by atoms with Gasteiger partial charge in [0.25, 0.3) is 5.56 Å². The van der Waals surface area contributed by atoms with Gasteiger partial charge in [0.2, 0.25) is 0 Å². The van der Waals surface area contributed by atoms with E-state index in [4.69, 9.17) is 9.15 Å². The topological polar surface area (TPSA) is 85.2 Å². The number of fused-ring (bicyclic) bond motifs is 1. The van der Waals surface area contributed by atoms with Crippen LogP contribution in [0.1, 0.15) is 37.0 Å². The van der Waals surface area contributed by atoms with Crippen LogP contribution in [0.2, 0.25) is 0 Å². The smallest absolute Gasteiger partial charge is 0.310 e. The third-order valence-electron chi connectivity index (χ3n) is 4.31. The Kier molecular flexibility index (Phi) is 3.45. The van der Waals surface area contributed by atoms with E-state index in [9.17, 15) is 9.59 Å². The molecule has 0 spiro atoms. The Morgan fingerprint density at radius 2 is 2.17 bits per heavy atom. The van der Waals surface area contributed by atoms with Gasteiger partial charge >= 0.3 is 5.97 Å². The first kappa shape index (κ1) is 14.7. The highest BCUT2D eigenvalue weighted by atomic mass is 16.5. The van der Waals surface area contributed by atoms with Crippen LogP contribution in [0.5, 0.6) is 0 Å². The molecule has 2 heterocycles. The molecule has 0 bridgehead atoms. The summed E-state index contributed by atoms with van der Waals surface area (Å²) in [6.07, 6.45) is 1.70. The summed E-state index contributed by atoms with van der Waals surface area (Å²) in [6, 6.07) is 10.7. The Morgan fingerprint density at radius 3 is 2.96 bits per heavy atom. The monoisotopic (exact) mass is 324 g/mol. The number of ether oxygens (including phenoxy) is 1. The fourth-order valence-electron chi connectivity index (χ4n) is 2.89. The second-order valence-corrected chi connectivity index (χ2v) is 6.01. The van der Waals surface area contributed by atoms with Gasteiger partial charge in [-0.2, -0.15) is 0 Å². The number of esters is 1. The zero-order valence-electron chi connectivity index (χ0n) is 13.1. The number of aromatic amines is 1. The molecule has 3 atom stereocenters. The number of benzene rings is 1. The Balaban J connectivity index is 1.49. The number of aromatic nitrogens is 2. The van der Waals surface area contributed by atoms with Crippen molar-refractivity contribution in [3.8, 4) is 0 Å². The average Bonchev–Trinajstić information content (AvgIpc) is 3.20. The first-order chi connectivity index (χ1) is 11.6. The van der Waals surface area contributed by atoms with Gasteiger partial charge in [-0.3, -0.25) is 9.59 Å². The minimum atomic E-state index is -0.618.